The van der Waals surface area contributed by atoms with Gasteiger partial charge in [0.1, 0.15) is 5.82 Å². The van der Waals surface area contributed by atoms with Gasteiger partial charge in [-0.15, -0.1) is 0 Å². The van der Waals surface area contributed by atoms with Gasteiger partial charge in [0.25, 0.3) is 0 Å². The Morgan fingerprint density at radius 3 is 2.88 bits per heavy atom. The maximum absolute atomic E-state index is 10.5. The van der Waals surface area contributed by atoms with Crippen molar-refractivity contribution >= 4 is 6.29 Å². The minimum atomic E-state index is 0.0315. The number of aromatic hydroxyl groups is 1. The number of benzene rings is 1. The first-order valence-corrected chi connectivity index (χ1v) is 4.62. The number of phenols is 1. The summed E-state index contributed by atoms with van der Waals surface area (Å²) in [5.41, 5.74) is 1.08. The van der Waals surface area contributed by atoms with Crippen LogP contribution in [0.5, 0.6) is 11.5 Å². The first-order valence-electron chi connectivity index (χ1n) is 4.62. The molecule has 5 heteroatoms. The van der Waals surface area contributed by atoms with Gasteiger partial charge >= 0.3 is 0 Å². The number of aldehydes is 1. The zero-order chi connectivity index (χ0) is 11.5. The molecule has 2 N–H and O–H groups in total. The molecule has 0 unspecified atom stereocenters. The van der Waals surface area contributed by atoms with Crippen molar-refractivity contribution in [3.63, 3.8) is 0 Å². The lowest BCUT2D eigenvalue weighted by molar-refractivity contribution is 0.111. The van der Waals surface area contributed by atoms with Crippen LogP contribution in [0.25, 0.3) is 11.4 Å². The average Bonchev–Trinajstić information content (AvgIpc) is 2.77. The van der Waals surface area contributed by atoms with Crippen LogP contribution in [-0.4, -0.2) is 28.5 Å². The average molecular weight is 218 g/mol. The number of imidazole rings is 1. The van der Waals surface area contributed by atoms with E-state index in [4.69, 9.17) is 4.74 Å². The van der Waals surface area contributed by atoms with Gasteiger partial charge in [0.2, 0.25) is 0 Å². The monoisotopic (exact) mass is 218 g/mol. The molecule has 0 aliphatic heterocycles. The summed E-state index contributed by atoms with van der Waals surface area (Å²) in [6.45, 7) is 0. The highest BCUT2D eigenvalue weighted by Crippen LogP contribution is 2.29. The molecule has 0 spiro atoms. The molecule has 5 nitrogen and oxygen atoms in total. The Morgan fingerprint density at radius 2 is 2.31 bits per heavy atom. The van der Waals surface area contributed by atoms with Crippen LogP contribution >= 0.6 is 0 Å². The number of phenolic OH excluding ortho intramolecular Hbond substituents is 1. The van der Waals surface area contributed by atoms with Crippen LogP contribution in [0.15, 0.2) is 24.4 Å². The molecular formula is C11H10N2O3. The lowest BCUT2D eigenvalue weighted by Crippen LogP contribution is -1.86. The molecule has 82 valence electrons. The van der Waals surface area contributed by atoms with Gasteiger partial charge in [-0.2, -0.15) is 0 Å². The van der Waals surface area contributed by atoms with Crippen molar-refractivity contribution in [2.45, 2.75) is 0 Å². The van der Waals surface area contributed by atoms with Gasteiger partial charge in [0, 0.05) is 5.56 Å². The van der Waals surface area contributed by atoms with E-state index >= 15 is 0 Å². The highest BCUT2D eigenvalue weighted by atomic mass is 16.5. The van der Waals surface area contributed by atoms with E-state index < -0.39 is 0 Å². The van der Waals surface area contributed by atoms with Crippen LogP contribution in [0.2, 0.25) is 0 Å². The second-order valence-electron chi connectivity index (χ2n) is 3.19. The minimum absolute atomic E-state index is 0.0315. The van der Waals surface area contributed by atoms with Crippen molar-refractivity contribution in [3.8, 4) is 22.9 Å². The highest BCUT2D eigenvalue weighted by Gasteiger charge is 2.07. The number of hydrogen-bond donors (Lipinski definition) is 2. The van der Waals surface area contributed by atoms with E-state index in [9.17, 15) is 9.90 Å². The molecule has 0 fully saturated rings. The summed E-state index contributed by atoms with van der Waals surface area (Å²) in [6.07, 6.45) is 2.11. The number of carbonyl (C=O) groups is 1. The lowest BCUT2D eigenvalue weighted by atomic mass is 10.2. The van der Waals surface area contributed by atoms with E-state index in [0.29, 0.717) is 29.1 Å². The predicted molar refractivity (Wildman–Crippen MR) is 57.6 cm³/mol. The van der Waals surface area contributed by atoms with Crippen molar-refractivity contribution in [1.82, 2.24) is 9.97 Å². The topological polar surface area (TPSA) is 75.2 Å². The quantitative estimate of drug-likeness (QED) is 0.767. The number of methoxy groups -OCH3 is 1. The summed E-state index contributed by atoms with van der Waals surface area (Å²) < 4.78 is 4.93. The van der Waals surface area contributed by atoms with Crippen molar-refractivity contribution in [2.24, 2.45) is 0 Å². The fourth-order valence-corrected chi connectivity index (χ4v) is 1.38. The Kier molecular flexibility index (Phi) is 2.59. The number of nitrogens with one attached hydrogen (secondary N) is 1. The number of nitrogens with zero attached hydrogens (tertiary/aromatic N) is 1. The van der Waals surface area contributed by atoms with Gasteiger partial charge in [-0.1, -0.05) is 0 Å². The molecule has 0 amide bonds. The molecule has 1 aromatic heterocycles. The van der Waals surface area contributed by atoms with Crippen LogP contribution in [0.3, 0.4) is 0 Å². The van der Waals surface area contributed by atoms with Gasteiger partial charge in [0.15, 0.2) is 17.8 Å². The van der Waals surface area contributed by atoms with Crippen LogP contribution in [0, 0.1) is 0 Å². The fourth-order valence-electron chi connectivity index (χ4n) is 1.38. The molecule has 16 heavy (non-hydrogen) atoms. The first kappa shape index (κ1) is 10.2. The van der Waals surface area contributed by atoms with Crippen molar-refractivity contribution in [1.29, 1.82) is 0 Å². The molecule has 1 heterocycles. The summed E-state index contributed by atoms with van der Waals surface area (Å²) >= 11 is 0. The maximum atomic E-state index is 10.5. The molecular weight excluding hydrogens is 208 g/mol. The van der Waals surface area contributed by atoms with Crippen LogP contribution in [0.1, 0.15) is 10.5 Å². The van der Waals surface area contributed by atoms with E-state index in [-0.39, 0.29) is 5.75 Å². The summed E-state index contributed by atoms with van der Waals surface area (Å²) in [6, 6.07) is 4.89. The van der Waals surface area contributed by atoms with E-state index in [1.807, 2.05) is 0 Å². The molecule has 1 aromatic carbocycles. The fraction of sp³-hybridized carbons (Fsp3) is 0.0909. The van der Waals surface area contributed by atoms with E-state index in [0.717, 1.165) is 0 Å². The lowest BCUT2D eigenvalue weighted by Gasteiger charge is -2.04. The van der Waals surface area contributed by atoms with Gasteiger partial charge in [-0.05, 0) is 18.2 Å². The highest BCUT2D eigenvalue weighted by molar-refractivity contribution is 5.73. The third-order valence-corrected chi connectivity index (χ3v) is 2.17. The second-order valence-corrected chi connectivity index (χ2v) is 3.19. The number of aromatic amines is 1. The summed E-state index contributed by atoms with van der Waals surface area (Å²) in [4.78, 5) is 17.3. The molecule has 0 aliphatic rings. The number of aromatic nitrogens is 2. The van der Waals surface area contributed by atoms with Gasteiger partial charge in [-0.3, -0.25) is 4.79 Å². The molecule has 0 saturated carbocycles. The zero-order valence-electron chi connectivity index (χ0n) is 8.60. The Balaban J connectivity index is 2.40. The van der Waals surface area contributed by atoms with Crippen LogP contribution in [0.4, 0.5) is 0 Å². The molecule has 2 aromatic rings. The van der Waals surface area contributed by atoms with Crippen molar-refractivity contribution < 1.29 is 14.6 Å². The number of ether oxygens (including phenoxy) is 1. The molecule has 0 radical (unpaired) electrons. The largest absolute Gasteiger partial charge is 0.504 e. The summed E-state index contributed by atoms with van der Waals surface area (Å²) in [5, 5.41) is 9.58. The molecule has 0 saturated heterocycles. The molecule has 0 bridgehead atoms. The van der Waals surface area contributed by atoms with Crippen LogP contribution in [-0.2, 0) is 0 Å². The summed E-state index contributed by atoms with van der Waals surface area (Å²) in [7, 11) is 1.48. The summed E-state index contributed by atoms with van der Waals surface area (Å²) in [5.74, 6) is 0.954. The Hall–Kier alpha value is -2.30. The number of hydrogen-bond acceptors (Lipinski definition) is 4. The third-order valence-electron chi connectivity index (χ3n) is 2.17. The zero-order valence-corrected chi connectivity index (χ0v) is 8.60. The van der Waals surface area contributed by atoms with E-state index in [1.54, 1.807) is 12.1 Å². The van der Waals surface area contributed by atoms with Crippen molar-refractivity contribution in [3.05, 3.63) is 30.1 Å². The second kappa shape index (κ2) is 4.06. The van der Waals surface area contributed by atoms with E-state index in [2.05, 4.69) is 9.97 Å². The van der Waals surface area contributed by atoms with Gasteiger partial charge in [0.05, 0.1) is 19.0 Å². The molecule has 2 rings (SSSR count). The SMILES string of the molecule is COc1ccc(-c2ncc(C=O)[nH]2)cc1O. The molecule has 0 aliphatic carbocycles. The number of carbonyl (C=O) groups excluding carboxylic acids is 1. The number of rotatable bonds is 3. The Bertz CT molecular complexity index is 520. The Morgan fingerprint density at radius 1 is 1.50 bits per heavy atom. The van der Waals surface area contributed by atoms with Crippen molar-refractivity contribution in [2.75, 3.05) is 7.11 Å². The van der Waals surface area contributed by atoms with E-state index in [1.165, 1.54) is 19.4 Å². The standard InChI is InChI=1S/C11H10N2O3/c1-16-10-3-2-7(4-9(10)15)11-12-5-8(6-14)13-11/h2-6,15H,1H3,(H,12,13). The smallest absolute Gasteiger partial charge is 0.167 e. The normalized spacial score (nSPS) is 10.1. The predicted octanol–water partition coefficient (Wildman–Crippen LogP) is 1.60. The third kappa shape index (κ3) is 1.75. The maximum Gasteiger partial charge on any atom is 0.167 e. The van der Waals surface area contributed by atoms with Crippen LogP contribution < -0.4 is 4.74 Å². The van der Waals surface area contributed by atoms with Gasteiger partial charge < -0.3 is 14.8 Å². The van der Waals surface area contributed by atoms with Gasteiger partial charge in [-0.25, -0.2) is 4.98 Å². The number of H-pyrrole nitrogens is 1. The Labute approximate surface area is 91.7 Å². The minimum Gasteiger partial charge on any atom is -0.504 e. The first-order chi connectivity index (χ1) is 7.74. The molecule has 0 atom stereocenters.